The molecule has 1 N–H and O–H groups in total. The number of anilines is 2. The Balaban J connectivity index is 1.79. The van der Waals surface area contributed by atoms with Gasteiger partial charge in [-0.2, -0.15) is 0 Å². The van der Waals surface area contributed by atoms with E-state index in [2.05, 4.69) is 33.5 Å². The lowest BCUT2D eigenvalue weighted by Crippen LogP contribution is -1.94. The third kappa shape index (κ3) is 3.39. The van der Waals surface area contributed by atoms with Crippen molar-refractivity contribution in [2.24, 2.45) is 7.05 Å². The van der Waals surface area contributed by atoms with Gasteiger partial charge in [-0.15, -0.1) is 10.2 Å². The van der Waals surface area contributed by atoms with E-state index >= 15 is 0 Å². The van der Waals surface area contributed by atoms with Crippen LogP contribution in [-0.4, -0.2) is 24.7 Å². The van der Waals surface area contributed by atoms with Gasteiger partial charge in [0.15, 0.2) is 9.37 Å². The number of benzene rings is 1. The fourth-order valence-electron chi connectivity index (χ4n) is 2.10. The maximum atomic E-state index is 11.0. The van der Waals surface area contributed by atoms with Crippen molar-refractivity contribution in [2.45, 2.75) is 22.7 Å². The smallest absolute Gasteiger partial charge is 0.358 e. The number of nitro groups is 1. The molecule has 0 fully saturated rings. The summed E-state index contributed by atoms with van der Waals surface area (Å²) >= 11 is 2.52. The number of para-hydroxylation sites is 1. The Kier molecular flexibility index (Phi) is 4.76. The Hall–Kier alpha value is -2.46. The van der Waals surface area contributed by atoms with E-state index in [4.69, 9.17) is 0 Å². The SMILES string of the molecule is CCc1ccccc1Nc1nnc(Sc2c([N+](=O)[O-])ncn2C)s1. The summed E-state index contributed by atoms with van der Waals surface area (Å²) in [6.07, 6.45) is 2.32. The second-order valence-electron chi connectivity index (χ2n) is 4.85. The lowest BCUT2D eigenvalue weighted by molar-refractivity contribution is -0.392. The molecular formula is C14H14N6O2S2. The fraction of sp³-hybridized carbons (Fsp3) is 0.214. The molecule has 0 bridgehead atoms. The van der Waals surface area contributed by atoms with Gasteiger partial charge in [0, 0.05) is 12.7 Å². The molecule has 24 heavy (non-hydrogen) atoms. The van der Waals surface area contributed by atoms with E-state index in [-0.39, 0.29) is 5.82 Å². The van der Waals surface area contributed by atoms with Gasteiger partial charge in [-0.25, -0.2) is 0 Å². The molecule has 0 saturated carbocycles. The minimum absolute atomic E-state index is 0.177. The Labute approximate surface area is 146 Å². The predicted molar refractivity (Wildman–Crippen MR) is 93.0 cm³/mol. The van der Waals surface area contributed by atoms with Crippen LogP contribution in [0.15, 0.2) is 40.0 Å². The highest BCUT2D eigenvalue weighted by molar-refractivity contribution is 8.01. The van der Waals surface area contributed by atoms with E-state index in [1.165, 1.54) is 35.0 Å². The van der Waals surface area contributed by atoms with Crippen molar-refractivity contribution >= 4 is 39.7 Å². The maximum Gasteiger partial charge on any atom is 0.396 e. The quantitative estimate of drug-likeness (QED) is 0.528. The van der Waals surface area contributed by atoms with Crippen molar-refractivity contribution in [1.82, 2.24) is 19.7 Å². The Morgan fingerprint density at radius 1 is 1.38 bits per heavy atom. The summed E-state index contributed by atoms with van der Waals surface area (Å²) in [5.74, 6) is -0.177. The zero-order chi connectivity index (χ0) is 17.1. The van der Waals surface area contributed by atoms with Crippen LogP contribution in [0.3, 0.4) is 0 Å². The lowest BCUT2D eigenvalue weighted by Gasteiger charge is -2.06. The minimum Gasteiger partial charge on any atom is -0.358 e. The van der Waals surface area contributed by atoms with Crippen molar-refractivity contribution < 1.29 is 4.92 Å². The number of imidazole rings is 1. The van der Waals surface area contributed by atoms with Crippen molar-refractivity contribution in [3.63, 3.8) is 0 Å². The summed E-state index contributed by atoms with van der Waals surface area (Å²) in [5, 5.41) is 23.5. The molecule has 0 spiro atoms. The number of aromatic nitrogens is 4. The number of rotatable bonds is 6. The third-order valence-corrected chi connectivity index (χ3v) is 5.32. The summed E-state index contributed by atoms with van der Waals surface area (Å²) in [5.41, 5.74) is 2.17. The predicted octanol–water partition coefficient (Wildman–Crippen LogP) is 3.64. The van der Waals surface area contributed by atoms with Gasteiger partial charge in [0.1, 0.15) is 0 Å². The number of hydrogen-bond acceptors (Lipinski definition) is 8. The molecule has 2 aromatic heterocycles. The largest absolute Gasteiger partial charge is 0.396 e. The van der Waals surface area contributed by atoms with Crippen LogP contribution in [0.4, 0.5) is 16.6 Å². The molecular weight excluding hydrogens is 348 g/mol. The van der Waals surface area contributed by atoms with E-state index in [1.807, 2.05) is 18.2 Å². The van der Waals surface area contributed by atoms with E-state index < -0.39 is 4.92 Å². The maximum absolute atomic E-state index is 11.0. The number of hydrogen-bond donors (Lipinski definition) is 1. The molecule has 0 aliphatic carbocycles. The van der Waals surface area contributed by atoms with Gasteiger partial charge in [0.2, 0.25) is 11.5 Å². The summed E-state index contributed by atoms with van der Waals surface area (Å²) in [4.78, 5) is 14.3. The second-order valence-corrected chi connectivity index (χ2v) is 7.07. The second kappa shape index (κ2) is 6.97. The molecule has 2 heterocycles. The molecule has 124 valence electrons. The first kappa shape index (κ1) is 16.4. The van der Waals surface area contributed by atoms with E-state index in [0.717, 1.165) is 12.1 Å². The molecule has 0 radical (unpaired) electrons. The highest BCUT2D eigenvalue weighted by atomic mass is 32.2. The zero-order valence-electron chi connectivity index (χ0n) is 13.0. The van der Waals surface area contributed by atoms with Crippen LogP contribution in [0.1, 0.15) is 12.5 Å². The molecule has 0 aliphatic rings. The van der Waals surface area contributed by atoms with Gasteiger partial charge < -0.3 is 20.0 Å². The number of aryl methyl sites for hydroxylation is 2. The van der Waals surface area contributed by atoms with Crippen molar-refractivity contribution in [1.29, 1.82) is 0 Å². The lowest BCUT2D eigenvalue weighted by atomic mass is 10.1. The molecule has 1 aromatic carbocycles. The van der Waals surface area contributed by atoms with E-state index in [0.29, 0.717) is 14.5 Å². The Morgan fingerprint density at radius 3 is 2.92 bits per heavy atom. The van der Waals surface area contributed by atoms with Crippen LogP contribution in [0.25, 0.3) is 0 Å². The van der Waals surface area contributed by atoms with Gasteiger partial charge in [-0.05, 0) is 39.7 Å². The number of nitrogens with zero attached hydrogens (tertiary/aromatic N) is 5. The molecule has 0 aliphatic heterocycles. The summed E-state index contributed by atoms with van der Waals surface area (Å²) in [6.45, 7) is 2.09. The van der Waals surface area contributed by atoms with Gasteiger partial charge in [-0.3, -0.25) is 0 Å². The summed E-state index contributed by atoms with van der Waals surface area (Å²) in [7, 11) is 1.71. The van der Waals surface area contributed by atoms with Crippen LogP contribution in [-0.2, 0) is 13.5 Å². The molecule has 0 atom stereocenters. The van der Waals surface area contributed by atoms with Crippen molar-refractivity contribution in [3.8, 4) is 0 Å². The average Bonchev–Trinajstić information content (AvgIpc) is 3.16. The fourth-order valence-corrected chi connectivity index (χ4v) is 3.89. The zero-order valence-corrected chi connectivity index (χ0v) is 14.6. The highest BCUT2D eigenvalue weighted by Gasteiger charge is 2.22. The average molecular weight is 362 g/mol. The Bertz CT molecular complexity index is 876. The first-order valence-corrected chi connectivity index (χ1v) is 8.73. The van der Waals surface area contributed by atoms with Crippen LogP contribution >= 0.6 is 23.1 Å². The summed E-state index contributed by atoms with van der Waals surface area (Å²) in [6, 6.07) is 7.99. The van der Waals surface area contributed by atoms with Crippen molar-refractivity contribution in [3.05, 3.63) is 46.3 Å². The monoisotopic (exact) mass is 362 g/mol. The summed E-state index contributed by atoms with van der Waals surface area (Å²) < 4.78 is 2.21. The molecule has 8 nitrogen and oxygen atoms in total. The normalized spacial score (nSPS) is 10.8. The van der Waals surface area contributed by atoms with Gasteiger partial charge in [0.25, 0.3) is 0 Å². The van der Waals surface area contributed by atoms with Gasteiger partial charge in [-0.1, -0.05) is 36.5 Å². The molecule has 10 heteroatoms. The minimum atomic E-state index is -0.500. The standard InChI is InChI=1S/C14H14N6O2S2/c1-3-9-6-4-5-7-10(9)16-13-17-18-14(24-13)23-12-11(20(21)22)15-8-19(12)2/h4-8H,3H2,1-2H3,(H,16,17). The molecule has 3 aromatic rings. The van der Waals surface area contributed by atoms with Crippen molar-refractivity contribution in [2.75, 3.05) is 5.32 Å². The van der Waals surface area contributed by atoms with Crippen LogP contribution in [0.5, 0.6) is 0 Å². The highest BCUT2D eigenvalue weighted by Crippen LogP contribution is 2.37. The molecule has 0 saturated heterocycles. The Morgan fingerprint density at radius 2 is 2.17 bits per heavy atom. The molecule has 3 rings (SSSR count). The van der Waals surface area contributed by atoms with Crippen LogP contribution in [0.2, 0.25) is 0 Å². The molecule has 0 amide bonds. The first-order chi connectivity index (χ1) is 11.6. The van der Waals surface area contributed by atoms with Crippen LogP contribution < -0.4 is 5.32 Å². The van der Waals surface area contributed by atoms with Gasteiger partial charge >= 0.3 is 5.82 Å². The number of nitrogens with one attached hydrogen (secondary N) is 1. The van der Waals surface area contributed by atoms with E-state index in [9.17, 15) is 10.1 Å². The molecule has 0 unspecified atom stereocenters. The topological polar surface area (TPSA) is 98.8 Å². The van der Waals surface area contributed by atoms with Crippen LogP contribution in [0, 0.1) is 10.1 Å². The first-order valence-electron chi connectivity index (χ1n) is 7.10. The van der Waals surface area contributed by atoms with Gasteiger partial charge in [0.05, 0.1) is 0 Å². The van der Waals surface area contributed by atoms with E-state index in [1.54, 1.807) is 11.6 Å². The third-order valence-electron chi connectivity index (χ3n) is 3.27.